The molecule has 1 unspecified atom stereocenters. The first-order chi connectivity index (χ1) is 8.63. The van der Waals surface area contributed by atoms with Crippen molar-refractivity contribution in [3.05, 3.63) is 29.8 Å². The van der Waals surface area contributed by atoms with E-state index in [1.54, 1.807) is 7.05 Å². The van der Waals surface area contributed by atoms with Crippen molar-refractivity contribution in [2.45, 2.75) is 32.2 Å². The molecular weight excluding hydrogens is 228 g/mol. The van der Waals surface area contributed by atoms with Crippen molar-refractivity contribution in [3.63, 3.8) is 0 Å². The van der Waals surface area contributed by atoms with Gasteiger partial charge in [0.05, 0.1) is 0 Å². The zero-order chi connectivity index (χ0) is 13.1. The fourth-order valence-corrected chi connectivity index (χ4v) is 2.28. The molecule has 0 bridgehead atoms. The Balaban J connectivity index is 2.10. The van der Waals surface area contributed by atoms with E-state index in [-0.39, 0.29) is 17.9 Å². The van der Waals surface area contributed by atoms with Gasteiger partial charge in [0.15, 0.2) is 0 Å². The number of nitrogens with zero attached hydrogens (tertiary/aromatic N) is 1. The average molecular weight is 246 g/mol. The van der Waals surface area contributed by atoms with Crippen molar-refractivity contribution in [2.75, 3.05) is 12.4 Å². The van der Waals surface area contributed by atoms with E-state index in [0.29, 0.717) is 12.8 Å². The molecule has 0 aliphatic carbocycles. The molecule has 1 heterocycles. The summed E-state index contributed by atoms with van der Waals surface area (Å²) in [6, 6.07) is 7.42. The molecule has 0 saturated carbocycles. The number of anilines is 1. The molecule has 2 amide bonds. The summed E-state index contributed by atoms with van der Waals surface area (Å²) in [5.41, 5.74) is 1.95. The van der Waals surface area contributed by atoms with Gasteiger partial charge >= 0.3 is 0 Å². The zero-order valence-electron chi connectivity index (χ0n) is 10.8. The van der Waals surface area contributed by atoms with Crippen LogP contribution in [0.15, 0.2) is 24.3 Å². The fourth-order valence-electron chi connectivity index (χ4n) is 2.28. The lowest BCUT2D eigenvalue weighted by atomic mass is 10.1. The summed E-state index contributed by atoms with van der Waals surface area (Å²) in [5, 5.41) is 2.92. The predicted octanol–water partition coefficient (Wildman–Crippen LogP) is 1.81. The fraction of sp³-hybridized carbons (Fsp3) is 0.429. The monoisotopic (exact) mass is 246 g/mol. The minimum absolute atomic E-state index is 0.0407. The number of likely N-dealkylation sites (N-methyl/N-ethyl adjacent to an activating group) is 1. The number of rotatable bonds is 3. The van der Waals surface area contributed by atoms with Crippen molar-refractivity contribution in [2.24, 2.45) is 0 Å². The Morgan fingerprint density at radius 2 is 2.17 bits per heavy atom. The number of amides is 2. The molecule has 18 heavy (non-hydrogen) atoms. The van der Waals surface area contributed by atoms with E-state index in [2.05, 4.69) is 12.2 Å². The maximum atomic E-state index is 12.1. The van der Waals surface area contributed by atoms with Crippen LogP contribution in [0.1, 0.15) is 25.3 Å². The van der Waals surface area contributed by atoms with Gasteiger partial charge < -0.3 is 10.2 Å². The van der Waals surface area contributed by atoms with Gasteiger partial charge in [-0.2, -0.15) is 0 Å². The maximum absolute atomic E-state index is 12.1. The van der Waals surface area contributed by atoms with Crippen LogP contribution in [0.5, 0.6) is 0 Å². The van der Waals surface area contributed by atoms with E-state index in [1.165, 1.54) is 4.90 Å². The Morgan fingerprint density at radius 1 is 1.44 bits per heavy atom. The highest BCUT2D eigenvalue weighted by Crippen LogP contribution is 2.20. The van der Waals surface area contributed by atoms with E-state index in [4.69, 9.17) is 0 Å². The van der Waals surface area contributed by atoms with Gasteiger partial charge in [-0.05, 0) is 24.5 Å². The maximum Gasteiger partial charge on any atom is 0.247 e. The van der Waals surface area contributed by atoms with E-state index < -0.39 is 0 Å². The molecule has 1 atom stereocenters. The van der Waals surface area contributed by atoms with Crippen molar-refractivity contribution in [3.8, 4) is 0 Å². The summed E-state index contributed by atoms with van der Waals surface area (Å²) < 4.78 is 0. The van der Waals surface area contributed by atoms with Crippen LogP contribution in [0.2, 0.25) is 0 Å². The second-order valence-electron chi connectivity index (χ2n) is 4.56. The van der Waals surface area contributed by atoms with Gasteiger partial charge in [0.1, 0.15) is 6.04 Å². The minimum Gasteiger partial charge on any atom is -0.334 e. The number of carbonyl (C=O) groups is 2. The summed E-state index contributed by atoms with van der Waals surface area (Å²) in [6.45, 7) is 2.05. The molecule has 0 radical (unpaired) electrons. The Kier molecular flexibility index (Phi) is 3.65. The topological polar surface area (TPSA) is 49.4 Å². The summed E-state index contributed by atoms with van der Waals surface area (Å²) in [5.74, 6) is -0.0526. The summed E-state index contributed by atoms with van der Waals surface area (Å²) >= 11 is 0. The van der Waals surface area contributed by atoms with Gasteiger partial charge in [-0.3, -0.25) is 9.59 Å². The molecule has 1 aliphatic heterocycles. The Morgan fingerprint density at radius 3 is 2.78 bits per heavy atom. The number of para-hydroxylation sites is 1. The van der Waals surface area contributed by atoms with Crippen molar-refractivity contribution in [1.82, 2.24) is 4.90 Å². The smallest absolute Gasteiger partial charge is 0.247 e. The highest BCUT2D eigenvalue weighted by atomic mass is 16.2. The first-order valence-corrected chi connectivity index (χ1v) is 6.28. The van der Waals surface area contributed by atoms with Gasteiger partial charge in [-0.25, -0.2) is 0 Å². The highest BCUT2D eigenvalue weighted by Gasteiger charge is 2.33. The SMILES string of the molecule is CCc1ccccc1NC(=O)C1CCC(=O)N1C. The summed E-state index contributed by atoms with van der Waals surface area (Å²) in [4.78, 5) is 25.1. The number of carbonyl (C=O) groups excluding carboxylic acids is 2. The molecule has 96 valence electrons. The molecule has 1 fully saturated rings. The van der Waals surface area contributed by atoms with E-state index in [0.717, 1.165) is 17.7 Å². The molecule has 0 spiro atoms. The number of aryl methyl sites for hydroxylation is 1. The van der Waals surface area contributed by atoms with E-state index in [1.807, 2.05) is 24.3 Å². The molecule has 2 rings (SSSR count). The average Bonchev–Trinajstić information content (AvgIpc) is 2.71. The predicted molar refractivity (Wildman–Crippen MR) is 70.2 cm³/mol. The second-order valence-corrected chi connectivity index (χ2v) is 4.56. The zero-order valence-corrected chi connectivity index (χ0v) is 10.8. The van der Waals surface area contributed by atoms with Crippen LogP contribution >= 0.6 is 0 Å². The molecule has 1 aromatic rings. The third-order valence-electron chi connectivity index (χ3n) is 3.45. The molecule has 1 aliphatic rings. The van der Waals surface area contributed by atoms with Gasteiger partial charge in [0.25, 0.3) is 0 Å². The van der Waals surface area contributed by atoms with Crippen LogP contribution in [-0.2, 0) is 16.0 Å². The number of nitrogens with one attached hydrogen (secondary N) is 1. The number of hydrogen-bond donors (Lipinski definition) is 1. The number of hydrogen-bond acceptors (Lipinski definition) is 2. The van der Waals surface area contributed by atoms with Crippen LogP contribution < -0.4 is 5.32 Å². The Hall–Kier alpha value is -1.84. The van der Waals surface area contributed by atoms with Gasteiger partial charge in [-0.1, -0.05) is 25.1 Å². The van der Waals surface area contributed by atoms with E-state index >= 15 is 0 Å². The van der Waals surface area contributed by atoms with Crippen molar-refractivity contribution in [1.29, 1.82) is 0 Å². The molecule has 4 nitrogen and oxygen atoms in total. The number of benzene rings is 1. The molecule has 0 aromatic heterocycles. The lowest BCUT2D eigenvalue weighted by Gasteiger charge is -2.20. The van der Waals surface area contributed by atoms with Gasteiger partial charge in [-0.15, -0.1) is 0 Å². The number of likely N-dealkylation sites (tertiary alicyclic amines) is 1. The Bertz CT molecular complexity index is 471. The van der Waals surface area contributed by atoms with Gasteiger partial charge in [0, 0.05) is 19.2 Å². The normalized spacial score (nSPS) is 19.1. The first kappa shape index (κ1) is 12.6. The quantitative estimate of drug-likeness (QED) is 0.884. The van der Waals surface area contributed by atoms with Crippen molar-refractivity contribution >= 4 is 17.5 Å². The van der Waals surface area contributed by atoms with Crippen LogP contribution in [-0.4, -0.2) is 29.8 Å². The van der Waals surface area contributed by atoms with Gasteiger partial charge in [0.2, 0.25) is 11.8 Å². The van der Waals surface area contributed by atoms with Crippen LogP contribution in [0.25, 0.3) is 0 Å². The lowest BCUT2D eigenvalue weighted by molar-refractivity contribution is -0.131. The summed E-state index contributed by atoms with van der Waals surface area (Å²) in [6.07, 6.45) is 1.94. The van der Waals surface area contributed by atoms with Crippen LogP contribution in [0, 0.1) is 0 Å². The first-order valence-electron chi connectivity index (χ1n) is 6.28. The minimum atomic E-state index is -0.331. The second kappa shape index (κ2) is 5.21. The largest absolute Gasteiger partial charge is 0.334 e. The van der Waals surface area contributed by atoms with Crippen LogP contribution in [0.3, 0.4) is 0 Å². The van der Waals surface area contributed by atoms with Crippen LogP contribution in [0.4, 0.5) is 5.69 Å². The van der Waals surface area contributed by atoms with Crippen molar-refractivity contribution < 1.29 is 9.59 Å². The van der Waals surface area contributed by atoms with E-state index in [9.17, 15) is 9.59 Å². The third kappa shape index (κ3) is 2.37. The molecular formula is C14H18N2O2. The molecule has 1 N–H and O–H groups in total. The summed E-state index contributed by atoms with van der Waals surface area (Å²) in [7, 11) is 1.69. The third-order valence-corrected chi connectivity index (χ3v) is 3.45. The standard InChI is InChI=1S/C14H18N2O2/c1-3-10-6-4-5-7-11(10)15-14(18)12-8-9-13(17)16(12)2/h4-7,12H,3,8-9H2,1-2H3,(H,15,18). The molecule has 4 heteroatoms. The highest BCUT2D eigenvalue weighted by molar-refractivity contribution is 5.99. The lowest BCUT2D eigenvalue weighted by Crippen LogP contribution is -2.39. The Labute approximate surface area is 107 Å². The molecule has 1 aromatic carbocycles. The molecule has 1 saturated heterocycles.